The summed E-state index contributed by atoms with van der Waals surface area (Å²) in [5, 5.41) is 0. The number of nitrogens with zero attached hydrogens (tertiary/aromatic N) is 2. The van der Waals surface area contributed by atoms with E-state index in [4.69, 9.17) is 4.98 Å². The molecule has 24 heavy (non-hydrogen) atoms. The van der Waals surface area contributed by atoms with Gasteiger partial charge in [0.1, 0.15) is 5.82 Å². The maximum absolute atomic E-state index is 4.74. The fraction of sp³-hybridized carbons (Fsp3) is 0.0455. The quantitative estimate of drug-likeness (QED) is 0.550. The Labute approximate surface area is 142 Å². The Bertz CT molecular complexity index is 941. The zero-order valence-electron chi connectivity index (χ0n) is 13.8. The third-order valence-corrected chi connectivity index (χ3v) is 3.87. The van der Waals surface area contributed by atoms with E-state index in [1.165, 1.54) is 0 Å². The van der Waals surface area contributed by atoms with Gasteiger partial charge in [0.15, 0.2) is 0 Å². The van der Waals surface area contributed by atoms with E-state index >= 15 is 0 Å². The lowest BCUT2D eigenvalue weighted by molar-refractivity contribution is 1.00. The summed E-state index contributed by atoms with van der Waals surface area (Å²) in [6, 6.07) is 14.6. The second-order valence-corrected chi connectivity index (χ2v) is 5.49. The number of hydrogen-bond acceptors (Lipinski definition) is 1. The predicted molar refractivity (Wildman–Crippen MR) is 104 cm³/mol. The summed E-state index contributed by atoms with van der Waals surface area (Å²) in [4.78, 5) is 4.74. The van der Waals surface area contributed by atoms with Crippen LogP contribution in [0, 0.1) is 6.92 Å². The average Bonchev–Trinajstić information content (AvgIpc) is 2.93. The third kappa shape index (κ3) is 2.99. The Morgan fingerprint density at radius 3 is 2.17 bits per heavy atom. The second-order valence-electron chi connectivity index (χ2n) is 5.49. The molecular weight excluding hydrogens is 292 g/mol. The Hall–Kier alpha value is -3.13. The van der Waals surface area contributed by atoms with Crippen molar-refractivity contribution in [2.24, 2.45) is 0 Å². The fourth-order valence-corrected chi connectivity index (χ4v) is 2.81. The zero-order valence-corrected chi connectivity index (χ0v) is 13.8. The number of para-hydroxylation sites is 1. The highest BCUT2D eigenvalue weighted by Crippen LogP contribution is 2.26. The topological polar surface area (TPSA) is 17.8 Å². The van der Waals surface area contributed by atoms with Gasteiger partial charge in [0.2, 0.25) is 0 Å². The first-order chi connectivity index (χ1) is 11.7. The Kier molecular flexibility index (Phi) is 4.57. The molecule has 2 nitrogen and oxygen atoms in total. The molecule has 3 rings (SSSR count). The van der Waals surface area contributed by atoms with Gasteiger partial charge in [-0.15, -0.1) is 0 Å². The molecule has 0 amide bonds. The number of fused-ring (bicyclic) bond motifs is 1. The van der Waals surface area contributed by atoms with Crippen molar-refractivity contribution in [1.82, 2.24) is 9.55 Å². The number of imidazole rings is 1. The molecule has 2 heteroatoms. The summed E-state index contributed by atoms with van der Waals surface area (Å²) in [5.41, 5.74) is 5.43. The summed E-state index contributed by atoms with van der Waals surface area (Å²) >= 11 is 0. The van der Waals surface area contributed by atoms with Crippen LogP contribution in [0.15, 0.2) is 79.9 Å². The minimum Gasteiger partial charge on any atom is -0.297 e. The fourth-order valence-electron chi connectivity index (χ4n) is 2.81. The summed E-state index contributed by atoms with van der Waals surface area (Å²) in [6.07, 6.45) is 11.6. The SMILES string of the molecule is C=C/C=C\c1cc2nc(C)n(-c3ccccc3)c2cc1/C=C\C=C. The lowest BCUT2D eigenvalue weighted by Gasteiger charge is -2.08. The van der Waals surface area contributed by atoms with E-state index in [0.717, 1.165) is 33.7 Å². The summed E-state index contributed by atoms with van der Waals surface area (Å²) in [7, 11) is 0. The highest BCUT2D eigenvalue weighted by Gasteiger charge is 2.11. The van der Waals surface area contributed by atoms with Crippen LogP contribution in [0.3, 0.4) is 0 Å². The van der Waals surface area contributed by atoms with Crippen LogP contribution in [0.5, 0.6) is 0 Å². The lowest BCUT2D eigenvalue weighted by Crippen LogP contribution is -1.96. The van der Waals surface area contributed by atoms with Crippen molar-refractivity contribution in [3.05, 3.63) is 96.9 Å². The molecule has 0 saturated heterocycles. The Morgan fingerprint density at radius 2 is 1.54 bits per heavy atom. The van der Waals surface area contributed by atoms with Crippen molar-refractivity contribution in [2.75, 3.05) is 0 Å². The van der Waals surface area contributed by atoms with Crippen LogP contribution >= 0.6 is 0 Å². The van der Waals surface area contributed by atoms with E-state index in [0.29, 0.717) is 0 Å². The van der Waals surface area contributed by atoms with Crippen molar-refractivity contribution in [3.8, 4) is 5.69 Å². The smallest absolute Gasteiger partial charge is 0.111 e. The molecule has 0 radical (unpaired) electrons. The third-order valence-electron chi connectivity index (χ3n) is 3.87. The molecule has 0 aliphatic carbocycles. The van der Waals surface area contributed by atoms with Crippen LogP contribution in [-0.4, -0.2) is 9.55 Å². The Balaban J connectivity index is 2.27. The molecule has 0 spiro atoms. The normalized spacial score (nSPS) is 11.5. The summed E-state index contributed by atoms with van der Waals surface area (Å²) < 4.78 is 2.18. The largest absolute Gasteiger partial charge is 0.297 e. The molecule has 0 fully saturated rings. The van der Waals surface area contributed by atoms with E-state index in [1.807, 2.05) is 43.4 Å². The molecular formula is C22H20N2. The number of benzene rings is 2. The van der Waals surface area contributed by atoms with Gasteiger partial charge in [-0.05, 0) is 42.3 Å². The summed E-state index contributed by atoms with van der Waals surface area (Å²) in [5.74, 6) is 0.972. The Morgan fingerprint density at radius 1 is 0.917 bits per heavy atom. The minimum atomic E-state index is 0.972. The van der Waals surface area contributed by atoms with Crippen LogP contribution < -0.4 is 0 Å². The van der Waals surface area contributed by atoms with Crippen molar-refractivity contribution in [2.45, 2.75) is 6.92 Å². The molecule has 2 aromatic carbocycles. The van der Waals surface area contributed by atoms with Crippen molar-refractivity contribution >= 4 is 23.2 Å². The van der Waals surface area contributed by atoms with E-state index < -0.39 is 0 Å². The van der Waals surface area contributed by atoms with Crippen molar-refractivity contribution < 1.29 is 0 Å². The number of aryl methyl sites for hydroxylation is 1. The van der Waals surface area contributed by atoms with Gasteiger partial charge in [0, 0.05) is 5.69 Å². The van der Waals surface area contributed by atoms with Gasteiger partial charge in [0.05, 0.1) is 11.0 Å². The maximum Gasteiger partial charge on any atom is 0.111 e. The molecule has 0 N–H and O–H groups in total. The summed E-state index contributed by atoms with van der Waals surface area (Å²) in [6.45, 7) is 9.54. The molecule has 0 atom stereocenters. The standard InChI is InChI=1S/C22H20N2/c1-4-6-11-18-15-21-22(16-19(18)12-7-5-2)24(17(3)23-21)20-13-9-8-10-14-20/h4-16H,1-2H2,3H3/b11-6-,12-7-. The predicted octanol–water partition coefficient (Wildman–Crippen LogP) is 5.73. The van der Waals surface area contributed by atoms with Gasteiger partial charge >= 0.3 is 0 Å². The van der Waals surface area contributed by atoms with Gasteiger partial charge in [-0.25, -0.2) is 4.98 Å². The maximum atomic E-state index is 4.74. The average molecular weight is 312 g/mol. The molecule has 0 unspecified atom stereocenters. The van der Waals surface area contributed by atoms with Crippen LogP contribution in [0.4, 0.5) is 0 Å². The van der Waals surface area contributed by atoms with Gasteiger partial charge < -0.3 is 0 Å². The molecule has 1 heterocycles. The first-order valence-corrected chi connectivity index (χ1v) is 7.91. The van der Waals surface area contributed by atoms with Crippen LogP contribution in [0.2, 0.25) is 0 Å². The van der Waals surface area contributed by atoms with E-state index in [-0.39, 0.29) is 0 Å². The molecule has 0 saturated carbocycles. The molecule has 0 bridgehead atoms. The van der Waals surface area contributed by atoms with Crippen molar-refractivity contribution in [1.29, 1.82) is 0 Å². The van der Waals surface area contributed by atoms with Crippen LogP contribution in [0.1, 0.15) is 17.0 Å². The zero-order chi connectivity index (χ0) is 16.9. The van der Waals surface area contributed by atoms with Gasteiger partial charge in [0.25, 0.3) is 0 Å². The molecule has 0 aliphatic rings. The monoisotopic (exact) mass is 312 g/mol. The molecule has 118 valence electrons. The minimum absolute atomic E-state index is 0.972. The number of hydrogen-bond donors (Lipinski definition) is 0. The van der Waals surface area contributed by atoms with Crippen LogP contribution in [0.25, 0.3) is 28.9 Å². The highest BCUT2D eigenvalue weighted by molar-refractivity contribution is 5.85. The number of allylic oxidation sites excluding steroid dienone is 4. The lowest BCUT2D eigenvalue weighted by atomic mass is 10.0. The van der Waals surface area contributed by atoms with Gasteiger partial charge in [-0.2, -0.15) is 0 Å². The first-order valence-electron chi connectivity index (χ1n) is 7.91. The van der Waals surface area contributed by atoms with Gasteiger partial charge in [-0.1, -0.05) is 67.8 Å². The van der Waals surface area contributed by atoms with E-state index in [2.05, 4.69) is 48.1 Å². The second kappa shape index (κ2) is 6.97. The van der Waals surface area contributed by atoms with E-state index in [9.17, 15) is 0 Å². The molecule has 3 aromatic rings. The highest BCUT2D eigenvalue weighted by atomic mass is 15.1. The molecule has 1 aromatic heterocycles. The van der Waals surface area contributed by atoms with Crippen molar-refractivity contribution in [3.63, 3.8) is 0 Å². The number of rotatable bonds is 5. The van der Waals surface area contributed by atoms with Gasteiger partial charge in [-0.3, -0.25) is 4.57 Å². The van der Waals surface area contributed by atoms with Crippen LogP contribution in [-0.2, 0) is 0 Å². The first kappa shape index (κ1) is 15.8. The number of aromatic nitrogens is 2. The molecule has 0 aliphatic heterocycles. The van der Waals surface area contributed by atoms with E-state index in [1.54, 1.807) is 12.2 Å².